The highest BCUT2D eigenvalue weighted by Crippen LogP contribution is 2.70. The lowest BCUT2D eigenvalue weighted by Gasteiger charge is -2.32. The first-order valence-corrected chi connectivity index (χ1v) is 11.1. The standard InChI is InChI=1S/C24H29F3O3/c1-22(2,3)30-21(28)17-8-16(14-4-5-14)19(9-18(17)25)29-12-23-10-13-6-15(11-23)24(26,27)20(23)7-13/h8-9,13-15,20H,4-7,10-12H2,1-3H3. The number of rotatable bonds is 5. The largest absolute Gasteiger partial charge is 0.493 e. The summed E-state index contributed by atoms with van der Waals surface area (Å²) in [6, 6.07) is 2.79. The number of carbonyl (C=O) groups is 1. The third-order valence-corrected chi connectivity index (χ3v) is 7.53. The molecule has 1 aromatic carbocycles. The summed E-state index contributed by atoms with van der Waals surface area (Å²) < 4.78 is 55.6. The average Bonchev–Trinajstić information content (AvgIpc) is 3.41. The third-order valence-electron chi connectivity index (χ3n) is 7.53. The summed E-state index contributed by atoms with van der Waals surface area (Å²) in [4.78, 5) is 12.4. The summed E-state index contributed by atoms with van der Waals surface area (Å²) in [6.45, 7) is 5.41. The van der Waals surface area contributed by atoms with Crippen LogP contribution in [-0.4, -0.2) is 24.1 Å². The van der Waals surface area contributed by atoms with Crippen molar-refractivity contribution < 1.29 is 27.4 Å². The monoisotopic (exact) mass is 422 g/mol. The van der Waals surface area contributed by atoms with Gasteiger partial charge >= 0.3 is 5.97 Å². The summed E-state index contributed by atoms with van der Waals surface area (Å²) in [6.07, 6.45) is 4.38. The van der Waals surface area contributed by atoms with E-state index in [2.05, 4.69) is 0 Å². The molecule has 0 saturated heterocycles. The van der Waals surface area contributed by atoms with Crippen molar-refractivity contribution in [1.29, 1.82) is 0 Å². The number of benzene rings is 1. The van der Waals surface area contributed by atoms with Crippen molar-refractivity contribution in [3.05, 3.63) is 29.1 Å². The van der Waals surface area contributed by atoms with Crippen molar-refractivity contribution in [2.75, 3.05) is 6.61 Å². The number of esters is 1. The summed E-state index contributed by atoms with van der Waals surface area (Å²) in [5.74, 6) is -4.17. The predicted octanol–water partition coefficient (Wildman–Crippen LogP) is 6.11. The van der Waals surface area contributed by atoms with E-state index in [-0.39, 0.29) is 18.1 Å². The summed E-state index contributed by atoms with van der Waals surface area (Å²) >= 11 is 0. The fourth-order valence-electron chi connectivity index (χ4n) is 6.25. The molecule has 0 amide bonds. The number of ether oxygens (including phenoxy) is 2. The van der Waals surface area contributed by atoms with Gasteiger partial charge in [-0.2, -0.15) is 0 Å². The van der Waals surface area contributed by atoms with E-state index in [1.807, 2.05) is 0 Å². The Kier molecular flexibility index (Phi) is 4.31. The van der Waals surface area contributed by atoms with Gasteiger partial charge in [0.2, 0.25) is 0 Å². The second-order valence-electron chi connectivity index (χ2n) is 11.0. The van der Waals surface area contributed by atoms with Gasteiger partial charge in [0.05, 0.1) is 12.2 Å². The number of alkyl halides is 2. The van der Waals surface area contributed by atoms with Crippen LogP contribution in [0.15, 0.2) is 12.1 Å². The van der Waals surface area contributed by atoms with Crippen LogP contribution < -0.4 is 4.74 Å². The Balaban J connectivity index is 1.39. The molecule has 0 N–H and O–H groups in total. The average molecular weight is 422 g/mol. The minimum absolute atomic E-state index is 0.0928. The summed E-state index contributed by atoms with van der Waals surface area (Å²) in [5.41, 5.74) is -0.523. The summed E-state index contributed by atoms with van der Waals surface area (Å²) in [5, 5.41) is 0. The molecule has 6 heteroatoms. The molecule has 6 rings (SSSR count). The maximum absolute atomic E-state index is 14.8. The van der Waals surface area contributed by atoms with E-state index < -0.39 is 40.6 Å². The number of halogens is 3. The second-order valence-corrected chi connectivity index (χ2v) is 11.0. The van der Waals surface area contributed by atoms with Crippen LogP contribution >= 0.6 is 0 Å². The molecule has 0 radical (unpaired) electrons. The van der Waals surface area contributed by atoms with Crippen LogP contribution in [0, 0.1) is 29.0 Å². The second kappa shape index (κ2) is 6.39. The van der Waals surface area contributed by atoms with E-state index in [0.717, 1.165) is 24.8 Å². The van der Waals surface area contributed by atoms with Crippen molar-refractivity contribution in [2.24, 2.45) is 23.2 Å². The van der Waals surface area contributed by atoms with E-state index >= 15 is 0 Å². The van der Waals surface area contributed by atoms with Crippen LogP contribution in [0.3, 0.4) is 0 Å². The Hall–Kier alpha value is -1.72. The first-order chi connectivity index (χ1) is 14.0. The normalized spacial score (nSPS) is 33.7. The Morgan fingerprint density at radius 1 is 1.17 bits per heavy atom. The van der Waals surface area contributed by atoms with Crippen LogP contribution in [0.1, 0.15) is 81.1 Å². The molecule has 1 aromatic rings. The van der Waals surface area contributed by atoms with Gasteiger partial charge in [0.1, 0.15) is 17.2 Å². The molecule has 3 nitrogen and oxygen atoms in total. The van der Waals surface area contributed by atoms with Crippen LogP contribution in [0.4, 0.5) is 13.2 Å². The molecular formula is C24H29F3O3. The lowest BCUT2D eigenvalue weighted by molar-refractivity contribution is -0.105. The van der Waals surface area contributed by atoms with Gasteiger partial charge in [-0.25, -0.2) is 18.0 Å². The molecule has 5 aliphatic carbocycles. The molecule has 5 aliphatic rings. The fourth-order valence-corrected chi connectivity index (χ4v) is 6.25. The highest BCUT2D eigenvalue weighted by atomic mass is 19.3. The molecule has 5 fully saturated rings. The molecule has 4 unspecified atom stereocenters. The van der Waals surface area contributed by atoms with E-state index in [1.165, 1.54) is 6.07 Å². The van der Waals surface area contributed by atoms with E-state index in [9.17, 15) is 18.0 Å². The SMILES string of the molecule is CC(C)(C)OC(=O)c1cc(C2CC2)c(OCC23CC4CC(C2)C(F)(F)C3C4)cc1F. The quantitative estimate of drug-likeness (QED) is 0.537. The molecule has 0 aromatic heterocycles. The van der Waals surface area contributed by atoms with E-state index in [0.29, 0.717) is 30.9 Å². The van der Waals surface area contributed by atoms with Gasteiger partial charge in [-0.05, 0) is 82.8 Å². The predicted molar refractivity (Wildman–Crippen MR) is 105 cm³/mol. The fraction of sp³-hybridized carbons (Fsp3) is 0.708. The van der Waals surface area contributed by atoms with Gasteiger partial charge < -0.3 is 9.47 Å². The first kappa shape index (κ1) is 20.2. The lowest BCUT2D eigenvalue weighted by Crippen LogP contribution is -2.36. The minimum atomic E-state index is -2.61. The van der Waals surface area contributed by atoms with Crippen molar-refractivity contribution >= 4 is 5.97 Å². The maximum atomic E-state index is 14.8. The van der Waals surface area contributed by atoms with Gasteiger partial charge in [0, 0.05) is 23.3 Å². The van der Waals surface area contributed by atoms with Gasteiger partial charge in [-0.1, -0.05) is 0 Å². The zero-order chi connectivity index (χ0) is 21.5. The molecule has 4 bridgehead atoms. The van der Waals surface area contributed by atoms with E-state index in [1.54, 1.807) is 26.8 Å². The Morgan fingerprint density at radius 2 is 1.90 bits per heavy atom. The Bertz CT molecular complexity index is 886. The molecular weight excluding hydrogens is 393 g/mol. The van der Waals surface area contributed by atoms with Crippen molar-refractivity contribution in [3.8, 4) is 5.75 Å². The van der Waals surface area contributed by atoms with Crippen molar-refractivity contribution in [1.82, 2.24) is 0 Å². The molecule has 0 aliphatic heterocycles. The number of carbonyl (C=O) groups excluding carboxylic acids is 1. The van der Waals surface area contributed by atoms with Crippen molar-refractivity contribution in [3.63, 3.8) is 0 Å². The molecule has 4 atom stereocenters. The highest BCUT2D eigenvalue weighted by molar-refractivity contribution is 5.90. The number of hydrogen-bond donors (Lipinski definition) is 0. The van der Waals surface area contributed by atoms with Gasteiger partial charge in [-0.3, -0.25) is 0 Å². The smallest absolute Gasteiger partial charge is 0.341 e. The molecule has 30 heavy (non-hydrogen) atoms. The molecule has 0 heterocycles. The maximum Gasteiger partial charge on any atom is 0.341 e. The van der Waals surface area contributed by atoms with E-state index in [4.69, 9.17) is 9.47 Å². The minimum Gasteiger partial charge on any atom is -0.493 e. The van der Waals surface area contributed by atoms with Gasteiger partial charge in [0.15, 0.2) is 0 Å². The van der Waals surface area contributed by atoms with Crippen LogP contribution in [-0.2, 0) is 4.74 Å². The van der Waals surface area contributed by atoms with Crippen LogP contribution in [0.5, 0.6) is 5.75 Å². The van der Waals surface area contributed by atoms with Gasteiger partial charge in [0.25, 0.3) is 5.92 Å². The topological polar surface area (TPSA) is 35.5 Å². The third kappa shape index (κ3) is 3.21. The lowest BCUT2D eigenvalue weighted by atomic mass is 9.76. The molecule has 0 spiro atoms. The first-order valence-electron chi connectivity index (χ1n) is 11.1. The Labute approximate surface area is 175 Å². The number of hydrogen-bond acceptors (Lipinski definition) is 3. The van der Waals surface area contributed by atoms with Crippen LogP contribution in [0.25, 0.3) is 0 Å². The summed E-state index contributed by atoms with van der Waals surface area (Å²) in [7, 11) is 0. The molecule has 5 saturated carbocycles. The van der Waals surface area contributed by atoms with Crippen molar-refractivity contribution in [2.45, 2.75) is 76.7 Å². The zero-order valence-electron chi connectivity index (χ0n) is 17.8. The molecule has 164 valence electrons. The Morgan fingerprint density at radius 3 is 2.57 bits per heavy atom. The van der Waals surface area contributed by atoms with Gasteiger partial charge in [-0.15, -0.1) is 0 Å². The van der Waals surface area contributed by atoms with Crippen LogP contribution in [0.2, 0.25) is 0 Å². The highest BCUT2D eigenvalue weighted by Gasteiger charge is 2.71. The zero-order valence-corrected chi connectivity index (χ0v) is 17.8.